The summed E-state index contributed by atoms with van der Waals surface area (Å²) in [6.45, 7) is 0.703. The van der Waals surface area contributed by atoms with Crippen molar-refractivity contribution in [3.8, 4) is 0 Å². The Balaban J connectivity index is 2.51. The average molecular weight is 155 g/mol. The first-order chi connectivity index (χ1) is 5.25. The topological polar surface area (TPSA) is 63.4 Å². The number of likely N-dealkylation sites (tertiary alicyclic amines) is 1. The van der Waals surface area contributed by atoms with Gasteiger partial charge in [0.15, 0.2) is 0 Å². The van der Waals surface area contributed by atoms with E-state index in [-0.39, 0.29) is 12.5 Å². The molecule has 0 bridgehead atoms. The molecular formula is C7H11N2O2. The molecule has 4 nitrogen and oxygen atoms in total. The maximum Gasteiger partial charge on any atom is 0.239 e. The summed E-state index contributed by atoms with van der Waals surface area (Å²) in [5.41, 5.74) is 5.48. The van der Waals surface area contributed by atoms with E-state index in [1.165, 1.54) is 4.90 Å². The third-order valence-electron chi connectivity index (χ3n) is 1.83. The fourth-order valence-corrected chi connectivity index (χ4v) is 1.21. The van der Waals surface area contributed by atoms with Gasteiger partial charge in [0, 0.05) is 6.54 Å². The van der Waals surface area contributed by atoms with Crippen molar-refractivity contribution in [2.24, 2.45) is 5.73 Å². The minimum atomic E-state index is -0.405. The second-order valence-corrected chi connectivity index (χ2v) is 2.65. The summed E-state index contributed by atoms with van der Waals surface area (Å²) in [6.07, 6.45) is 3.30. The van der Waals surface area contributed by atoms with Gasteiger partial charge in [0.2, 0.25) is 12.2 Å². The molecule has 0 saturated carbocycles. The monoisotopic (exact) mass is 155 g/mol. The molecule has 1 amide bonds. The molecule has 1 fully saturated rings. The van der Waals surface area contributed by atoms with E-state index in [9.17, 15) is 9.59 Å². The highest BCUT2D eigenvalue weighted by atomic mass is 16.2. The predicted octanol–water partition coefficient (Wildman–Crippen LogP) is -0.954. The number of hydrogen-bond donors (Lipinski definition) is 1. The van der Waals surface area contributed by atoms with Crippen molar-refractivity contribution in [3.63, 3.8) is 0 Å². The average Bonchev–Trinajstić information content (AvgIpc) is 1.99. The van der Waals surface area contributed by atoms with Gasteiger partial charge < -0.3 is 10.6 Å². The van der Waals surface area contributed by atoms with Gasteiger partial charge in [-0.15, -0.1) is 0 Å². The van der Waals surface area contributed by atoms with E-state index >= 15 is 0 Å². The fraction of sp³-hybridized carbons (Fsp3) is 0.714. The summed E-state index contributed by atoms with van der Waals surface area (Å²) in [5, 5.41) is 0. The Hall–Kier alpha value is -0.900. The summed E-state index contributed by atoms with van der Waals surface area (Å²) in [4.78, 5) is 22.5. The molecule has 1 rings (SSSR count). The summed E-state index contributed by atoms with van der Waals surface area (Å²) < 4.78 is 0. The van der Waals surface area contributed by atoms with Crippen LogP contribution in [0.4, 0.5) is 0 Å². The van der Waals surface area contributed by atoms with Crippen LogP contribution in [0.2, 0.25) is 0 Å². The lowest BCUT2D eigenvalue weighted by atomic mass is 10.1. The molecule has 0 aromatic heterocycles. The van der Waals surface area contributed by atoms with Crippen molar-refractivity contribution < 1.29 is 9.59 Å². The Morgan fingerprint density at radius 2 is 2.45 bits per heavy atom. The molecule has 1 atom stereocenters. The molecule has 1 aliphatic heterocycles. The second kappa shape index (κ2) is 3.48. The molecule has 0 aromatic carbocycles. The van der Waals surface area contributed by atoms with Gasteiger partial charge in [0.25, 0.3) is 0 Å². The van der Waals surface area contributed by atoms with Crippen molar-refractivity contribution >= 4 is 12.2 Å². The highest BCUT2D eigenvalue weighted by Crippen LogP contribution is 2.08. The molecule has 1 heterocycles. The van der Waals surface area contributed by atoms with E-state index < -0.39 is 6.04 Å². The quantitative estimate of drug-likeness (QED) is 0.559. The van der Waals surface area contributed by atoms with Gasteiger partial charge in [0.05, 0.1) is 12.6 Å². The van der Waals surface area contributed by atoms with E-state index in [4.69, 9.17) is 5.73 Å². The number of rotatable bonds is 2. The van der Waals surface area contributed by atoms with Gasteiger partial charge >= 0.3 is 0 Å². The zero-order valence-corrected chi connectivity index (χ0v) is 6.25. The first-order valence-electron chi connectivity index (χ1n) is 3.65. The first kappa shape index (κ1) is 8.20. The van der Waals surface area contributed by atoms with Crippen molar-refractivity contribution in [2.75, 3.05) is 13.1 Å². The van der Waals surface area contributed by atoms with Crippen molar-refractivity contribution in [1.29, 1.82) is 0 Å². The maximum absolute atomic E-state index is 11.1. The predicted molar refractivity (Wildman–Crippen MR) is 39.5 cm³/mol. The van der Waals surface area contributed by atoms with E-state index in [0.29, 0.717) is 6.54 Å². The zero-order valence-electron chi connectivity index (χ0n) is 6.25. The zero-order chi connectivity index (χ0) is 8.27. The van der Waals surface area contributed by atoms with Crippen molar-refractivity contribution in [3.05, 3.63) is 0 Å². The minimum absolute atomic E-state index is 0.0620. The maximum atomic E-state index is 11.1. The molecular weight excluding hydrogens is 144 g/mol. The number of nitrogens with two attached hydrogens (primary N) is 1. The van der Waals surface area contributed by atoms with Gasteiger partial charge in [-0.3, -0.25) is 9.59 Å². The van der Waals surface area contributed by atoms with Crippen LogP contribution in [0.3, 0.4) is 0 Å². The molecule has 11 heavy (non-hydrogen) atoms. The Labute approximate surface area is 65.3 Å². The van der Waals surface area contributed by atoms with Crippen LogP contribution in [0.1, 0.15) is 12.8 Å². The number of hydrogen-bond acceptors (Lipinski definition) is 3. The highest BCUT2D eigenvalue weighted by Gasteiger charge is 2.24. The lowest BCUT2D eigenvalue weighted by Gasteiger charge is -2.28. The molecule has 1 aliphatic rings. The van der Waals surface area contributed by atoms with E-state index in [0.717, 1.165) is 12.8 Å². The summed E-state index contributed by atoms with van der Waals surface area (Å²) in [7, 11) is 0. The standard InChI is InChI=1S/C7H11N2O2/c8-6-2-1-3-9(4-5-10)7(6)11/h6H,1-4,8H2/t6-/m0/s1. The largest absolute Gasteiger partial charge is 0.334 e. The number of nitrogens with zero attached hydrogens (tertiary/aromatic N) is 1. The van der Waals surface area contributed by atoms with Crippen LogP contribution >= 0.6 is 0 Å². The molecule has 4 heteroatoms. The normalized spacial score (nSPS) is 25.4. The molecule has 2 N–H and O–H groups in total. The molecule has 1 radical (unpaired) electrons. The second-order valence-electron chi connectivity index (χ2n) is 2.65. The minimum Gasteiger partial charge on any atom is -0.334 e. The van der Waals surface area contributed by atoms with Crippen LogP contribution in [0.15, 0.2) is 0 Å². The summed E-state index contributed by atoms with van der Waals surface area (Å²) >= 11 is 0. The Morgan fingerprint density at radius 3 is 3.09 bits per heavy atom. The van der Waals surface area contributed by atoms with E-state index in [1.807, 2.05) is 0 Å². The van der Waals surface area contributed by atoms with Gasteiger partial charge in [0.1, 0.15) is 0 Å². The van der Waals surface area contributed by atoms with Crippen LogP contribution in [-0.2, 0) is 9.59 Å². The Kier molecular flexibility index (Phi) is 2.59. The molecule has 61 valence electrons. The number of carbonyl (C=O) groups excluding carboxylic acids is 2. The van der Waals surface area contributed by atoms with E-state index in [2.05, 4.69) is 0 Å². The molecule has 0 aromatic rings. The van der Waals surface area contributed by atoms with Gasteiger partial charge in [-0.05, 0) is 12.8 Å². The van der Waals surface area contributed by atoms with E-state index in [1.54, 1.807) is 6.29 Å². The first-order valence-corrected chi connectivity index (χ1v) is 3.65. The van der Waals surface area contributed by atoms with Gasteiger partial charge in [-0.1, -0.05) is 0 Å². The van der Waals surface area contributed by atoms with Crippen LogP contribution < -0.4 is 5.73 Å². The van der Waals surface area contributed by atoms with Crippen LogP contribution in [0, 0.1) is 0 Å². The number of carbonyl (C=O) groups is 1. The summed E-state index contributed by atoms with van der Waals surface area (Å²) in [5.74, 6) is -0.125. The molecule has 0 aliphatic carbocycles. The fourth-order valence-electron chi connectivity index (χ4n) is 1.21. The lowest BCUT2D eigenvalue weighted by Crippen LogP contribution is -2.48. The van der Waals surface area contributed by atoms with Crippen molar-refractivity contribution in [1.82, 2.24) is 4.90 Å². The molecule has 1 saturated heterocycles. The molecule has 0 unspecified atom stereocenters. The van der Waals surface area contributed by atoms with Crippen LogP contribution in [0.5, 0.6) is 0 Å². The van der Waals surface area contributed by atoms with Crippen molar-refractivity contribution in [2.45, 2.75) is 18.9 Å². The highest BCUT2D eigenvalue weighted by molar-refractivity contribution is 5.84. The Bertz CT molecular complexity index is 170. The van der Waals surface area contributed by atoms with Crippen LogP contribution in [-0.4, -0.2) is 36.2 Å². The van der Waals surface area contributed by atoms with Gasteiger partial charge in [-0.25, -0.2) is 0 Å². The Morgan fingerprint density at radius 1 is 1.73 bits per heavy atom. The third kappa shape index (κ3) is 1.77. The van der Waals surface area contributed by atoms with Crippen LogP contribution in [0.25, 0.3) is 0 Å². The number of piperidine rings is 1. The lowest BCUT2D eigenvalue weighted by molar-refractivity contribution is -0.134. The third-order valence-corrected chi connectivity index (χ3v) is 1.83. The SMILES string of the molecule is N[C@H]1CCCN(C[C]=O)C1=O. The summed E-state index contributed by atoms with van der Waals surface area (Å²) in [6, 6.07) is -0.405. The number of amides is 1. The van der Waals surface area contributed by atoms with Gasteiger partial charge in [-0.2, -0.15) is 0 Å². The molecule has 0 spiro atoms. The smallest absolute Gasteiger partial charge is 0.239 e.